The van der Waals surface area contributed by atoms with Gasteiger partial charge >= 0.3 is 0 Å². The fraction of sp³-hybridized carbons (Fsp3) is 0.478. The molecular formula is C23H26O2. The summed E-state index contributed by atoms with van der Waals surface area (Å²) in [5.41, 5.74) is 1.70. The second-order valence-electron chi connectivity index (χ2n) is 8.37. The van der Waals surface area contributed by atoms with Crippen molar-refractivity contribution in [2.24, 2.45) is 11.3 Å². The van der Waals surface area contributed by atoms with Crippen LogP contribution in [-0.2, 0) is 10.3 Å². The quantitative estimate of drug-likeness (QED) is 0.661. The molecule has 4 aliphatic rings. The average Bonchev–Trinajstić information content (AvgIpc) is 3.48. The van der Waals surface area contributed by atoms with Gasteiger partial charge in [-0.2, -0.15) is 0 Å². The van der Waals surface area contributed by atoms with Gasteiger partial charge in [-0.05, 0) is 73.3 Å². The fourth-order valence-corrected chi connectivity index (χ4v) is 4.80. The van der Waals surface area contributed by atoms with Crippen molar-refractivity contribution < 1.29 is 9.47 Å². The standard InChI is InChI=1S/C23H26O2/c1-2-6-20(7-3-1)25-21-8-4-5-19(15-21)23-13-11-22(12-14-23,17-24-23)16-18-9-10-18/h1-8,15,18H,9-14,16-17H2. The third-order valence-electron chi connectivity index (χ3n) is 6.53. The van der Waals surface area contributed by atoms with E-state index in [1.165, 1.54) is 37.7 Å². The van der Waals surface area contributed by atoms with Gasteiger partial charge in [-0.15, -0.1) is 0 Å². The molecule has 2 bridgehead atoms. The molecule has 2 aromatic carbocycles. The van der Waals surface area contributed by atoms with Crippen LogP contribution in [-0.4, -0.2) is 6.61 Å². The van der Waals surface area contributed by atoms with Crippen molar-refractivity contribution >= 4 is 0 Å². The highest BCUT2D eigenvalue weighted by Crippen LogP contribution is 2.58. The molecule has 0 N–H and O–H groups in total. The lowest BCUT2D eigenvalue weighted by Gasteiger charge is -2.53. The van der Waals surface area contributed by atoms with Gasteiger partial charge in [-0.1, -0.05) is 43.2 Å². The number of ether oxygens (including phenoxy) is 2. The summed E-state index contributed by atoms with van der Waals surface area (Å²) in [7, 11) is 0. The summed E-state index contributed by atoms with van der Waals surface area (Å²) in [5, 5.41) is 0. The third-order valence-corrected chi connectivity index (χ3v) is 6.53. The van der Waals surface area contributed by atoms with E-state index in [2.05, 4.69) is 18.2 Å². The molecule has 0 amide bonds. The summed E-state index contributed by atoms with van der Waals surface area (Å²) in [6.45, 7) is 0.952. The molecular weight excluding hydrogens is 308 g/mol. The monoisotopic (exact) mass is 334 g/mol. The lowest BCUT2D eigenvalue weighted by atomic mass is 9.62. The van der Waals surface area contributed by atoms with Crippen LogP contribution in [0.1, 0.15) is 50.5 Å². The minimum atomic E-state index is -0.0820. The van der Waals surface area contributed by atoms with Gasteiger partial charge in [0.1, 0.15) is 11.5 Å². The molecule has 25 heavy (non-hydrogen) atoms. The molecule has 2 saturated carbocycles. The molecule has 130 valence electrons. The first-order chi connectivity index (χ1) is 12.3. The van der Waals surface area contributed by atoms with Gasteiger partial charge in [0.25, 0.3) is 0 Å². The topological polar surface area (TPSA) is 18.5 Å². The first-order valence-electron chi connectivity index (χ1n) is 9.73. The number of para-hydroxylation sites is 1. The van der Waals surface area contributed by atoms with Crippen LogP contribution >= 0.6 is 0 Å². The van der Waals surface area contributed by atoms with E-state index in [0.717, 1.165) is 36.9 Å². The van der Waals surface area contributed by atoms with Crippen molar-refractivity contribution in [2.75, 3.05) is 6.61 Å². The van der Waals surface area contributed by atoms with Gasteiger partial charge in [0.2, 0.25) is 0 Å². The molecule has 0 aromatic heterocycles. The lowest BCUT2D eigenvalue weighted by molar-refractivity contribution is -0.192. The molecule has 2 nitrogen and oxygen atoms in total. The van der Waals surface area contributed by atoms with Gasteiger partial charge in [-0.25, -0.2) is 0 Å². The zero-order chi connectivity index (χ0) is 16.7. The SMILES string of the molecule is c1ccc(Oc2cccc(C34CCC(CC5CC5)(CC3)CO4)c2)cc1. The van der Waals surface area contributed by atoms with E-state index in [1.54, 1.807) is 0 Å². The molecule has 2 saturated heterocycles. The third kappa shape index (κ3) is 2.97. The Labute approximate surface area is 150 Å². The molecule has 2 aliphatic heterocycles. The van der Waals surface area contributed by atoms with Crippen LogP contribution in [0.4, 0.5) is 0 Å². The Balaban J connectivity index is 1.34. The van der Waals surface area contributed by atoms with Crippen LogP contribution in [0.15, 0.2) is 54.6 Å². The molecule has 0 radical (unpaired) electrons. The summed E-state index contributed by atoms with van der Waals surface area (Å²) in [6, 6.07) is 18.6. The van der Waals surface area contributed by atoms with E-state index in [4.69, 9.17) is 9.47 Å². The van der Waals surface area contributed by atoms with E-state index in [9.17, 15) is 0 Å². The van der Waals surface area contributed by atoms with Crippen molar-refractivity contribution in [3.05, 3.63) is 60.2 Å². The van der Waals surface area contributed by atoms with Gasteiger partial charge in [-0.3, -0.25) is 0 Å². The maximum atomic E-state index is 6.53. The first kappa shape index (κ1) is 15.5. The molecule has 2 heteroatoms. The van der Waals surface area contributed by atoms with E-state index in [0.29, 0.717) is 5.41 Å². The number of hydrogen-bond donors (Lipinski definition) is 0. The van der Waals surface area contributed by atoms with Crippen molar-refractivity contribution in [3.63, 3.8) is 0 Å². The van der Waals surface area contributed by atoms with Crippen LogP contribution < -0.4 is 4.74 Å². The Kier molecular flexibility index (Phi) is 3.63. The maximum absolute atomic E-state index is 6.53. The fourth-order valence-electron chi connectivity index (χ4n) is 4.80. The molecule has 0 unspecified atom stereocenters. The molecule has 0 spiro atoms. The zero-order valence-corrected chi connectivity index (χ0v) is 14.7. The van der Waals surface area contributed by atoms with E-state index < -0.39 is 0 Å². The van der Waals surface area contributed by atoms with Crippen molar-refractivity contribution in [1.29, 1.82) is 0 Å². The van der Waals surface area contributed by atoms with Gasteiger partial charge in [0.15, 0.2) is 0 Å². The number of rotatable bonds is 5. The number of benzene rings is 2. The highest BCUT2D eigenvalue weighted by atomic mass is 16.5. The van der Waals surface area contributed by atoms with Crippen molar-refractivity contribution in [3.8, 4) is 11.5 Å². The predicted octanol–water partition coefficient (Wildman–Crippen LogP) is 6.06. The summed E-state index contributed by atoms with van der Waals surface area (Å²) < 4.78 is 12.6. The van der Waals surface area contributed by atoms with Crippen LogP contribution in [0.25, 0.3) is 0 Å². The second-order valence-corrected chi connectivity index (χ2v) is 8.37. The van der Waals surface area contributed by atoms with Gasteiger partial charge < -0.3 is 9.47 Å². The van der Waals surface area contributed by atoms with Crippen LogP contribution in [0.5, 0.6) is 11.5 Å². The van der Waals surface area contributed by atoms with E-state index >= 15 is 0 Å². The van der Waals surface area contributed by atoms with E-state index in [1.807, 2.05) is 36.4 Å². The summed E-state index contributed by atoms with van der Waals surface area (Å²) in [6.07, 6.45) is 9.28. The lowest BCUT2D eigenvalue weighted by Crippen LogP contribution is -2.49. The van der Waals surface area contributed by atoms with Gasteiger partial charge in [0.05, 0.1) is 12.2 Å². The van der Waals surface area contributed by atoms with Crippen LogP contribution in [0.2, 0.25) is 0 Å². The highest BCUT2D eigenvalue weighted by Gasteiger charge is 2.51. The molecule has 6 rings (SSSR count). The number of fused-ring (bicyclic) bond motifs is 3. The zero-order valence-electron chi connectivity index (χ0n) is 14.7. The van der Waals surface area contributed by atoms with Crippen LogP contribution in [0, 0.1) is 11.3 Å². The largest absolute Gasteiger partial charge is 0.457 e. The second kappa shape index (κ2) is 5.88. The summed E-state index contributed by atoms with van der Waals surface area (Å²) in [5.74, 6) is 2.78. The molecule has 2 aromatic rings. The minimum Gasteiger partial charge on any atom is -0.457 e. The Bertz CT molecular complexity index is 723. The van der Waals surface area contributed by atoms with E-state index in [-0.39, 0.29) is 5.60 Å². The molecule has 2 heterocycles. The first-order valence-corrected chi connectivity index (χ1v) is 9.73. The molecule has 4 fully saturated rings. The van der Waals surface area contributed by atoms with Crippen molar-refractivity contribution in [2.45, 2.75) is 50.5 Å². The summed E-state index contributed by atoms with van der Waals surface area (Å²) in [4.78, 5) is 0. The Morgan fingerprint density at radius 3 is 2.32 bits per heavy atom. The average molecular weight is 334 g/mol. The number of hydrogen-bond acceptors (Lipinski definition) is 2. The normalized spacial score (nSPS) is 31.0. The molecule has 0 atom stereocenters. The summed E-state index contributed by atoms with van der Waals surface area (Å²) >= 11 is 0. The smallest absolute Gasteiger partial charge is 0.127 e. The molecule has 2 aliphatic carbocycles. The van der Waals surface area contributed by atoms with Crippen LogP contribution in [0.3, 0.4) is 0 Å². The Morgan fingerprint density at radius 1 is 0.880 bits per heavy atom. The Hall–Kier alpha value is -1.80. The van der Waals surface area contributed by atoms with Crippen molar-refractivity contribution in [1.82, 2.24) is 0 Å². The van der Waals surface area contributed by atoms with Gasteiger partial charge in [0, 0.05) is 0 Å². The highest BCUT2D eigenvalue weighted by molar-refractivity contribution is 5.37. The Morgan fingerprint density at radius 2 is 1.64 bits per heavy atom. The minimum absolute atomic E-state index is 0.0820. The maximum Gasteiger partial charge on any atom is 0.127 e. The predicted molar refractivity (Wildman–Crippen MR) is 98.8 cm³/mol.